The third-order valence-electron chi connectivity index (χ3n) is 4.24. The van der Waals surface area contributed by atoms with E-state index >= 15 is 0 Å². The number of ether oxygens (including phenoxy) is 4. The summed E-state index contributed by atoms with van der Waals surface area (Å²) in [6.45, 7) is 1.93. The first-order valence-corrected chi connectivity index (χ1v) is 9.13. The summed E-state index contributed by atoms with van der Waals surface area (Å²) >= 11 is 0. The maximum atomic E-state index is 10.5. The summed E-state index contributed by atoms with van der Waals surface area (Å²) in [5.41, 5.74) is 1.42. The molecule has 0 fully saturated rings. The highest BCUT2D eigenvalue weighted by Gasteiger charge is 2.27. The number of carbonyl (C=O) groups excluding carboxylic acids is 1. The second kappa shape index (κ2) is 11.1. The number of aldehydes is 1. The molecule has 0 aliphatic carbocycles. The minimum atomic E-state index is -0.695. The number of aliphatic hydroxyl groups excluding tert-OH is 1. The van der Waals surface area contributed by atoms with E-state index in [0.717, 1.165) is 5.56 Å². The van der Waals surface area contributed by atoms with Crippen molar-refractivity contribution in [1.29, 1.82) is 0 Å². The Bertz CT molecular complexity index is 832. The summed E-state index contributed by atoms with van der Waals surface area (Å²) in [5.74, 6) is 1.18. The van der Waals surface area contributed by atoms with Crippen LogP contribution in [-0.2, 0) is 9.53 Å². The molecule has 0 spiro atoms. The Balaban J connectivity index is 2.44. The van der Waals surface area contributed by atoms with Gasteiger partial charge in [-0.3, -0.25) is 4.79 Å². The van der Waals surface area contributed by atoms with Crippen LogP contribution in [0.1, 0.15) is 24.2 Å². The molecule has 2 rings (SSSR count). The van der Waals surface area contributed by atoms with Gasteiger partial charge in [-0.05, 0) is 48.4 Å². The lowest BCUT2D eigenvalue weighted by Crippen LogP contribution is -2.30. The number of hydrogen-bond acceptors (Lipinski definition) is 7. The van der Waals surface area contributed by atoms with Gasteiger partial charge < -0.3 is 29.2 Å². The first-order chi connectivity index (χ1) is 14.1. The fourth-order valence-electron chi connectivity index (χ4n) is 2.85. The van der Waals surface area contributed by atoms with Crippen molar-refractivity contribution in [1.82, 2.24) is 0 Å². The SMILES string of the molecule is CCO[C@H](CO)[C@@H](Oc1ccc(/C=C/C=O)cc1OC)c1ccc(O)c(OC)c1. The highest BCUT2D eigenvalue weighted by atomic mass is 16.6. The van der Waals surface area contributed by atoms with E-state index in [1.54, 1.807) is 36.4 Å². The Hall–Kier alpha value is -3.03. The normalized spacial score (nSPS) is 13.1. The van der Waals surface area contributed by atoms with Crippen LogP contribution in [0.15, 0.2) is 42.5 Å². The highest BCUT2D eigenvalue weighted by molar-refractivity contribution is 5.74. The smallest absolute Gasteiger partial charge is 0.162 e. The van der Waals surface area contributed by atoms with Gasteiger partial charge in [-0.1, -0.05) is 18.2 Å². The summed E-state index contributed by atoms with van der Waals surface area (Å²) in [6.07, 6.45) is 2.38. The van der Waals surface area contributed by atoms with Crippen LogP contribution in [0.5, 0.6) is 23.0 Å². The van der Waals surface area contributed by atoms with Gasteiger partial charge in [0, 0.05) is 6.61 Å². The van der Waals surface area contributed by atoms with Gasteiger partial charge in [0.05, 0.1) is 20.8 Å². The Morgan fingerprint density at radius 2 is 1.79 bits per heavy atom. The van der Waals surface area contributed by atoms with Crippen LogP contribution >= 0.6 is 0 Å². The topological polar surface area (TPSA) is 94.5 Å². The number of benzene rings is 2. The number of methoxy groups -OCH3 is 2. The molecule has 7 heteroatoms. The largest absolute Gasteiger partial charge is 0.504 e. The van der Waals surface area contributed by atoms with Crippen molar-refractivity contribution in [2.45, 2.75) is 19.1 Å². The number of phenolic OH excluding ortho intramolecular Hbond substituents is 1. The zero-order valence-corrected chi connectivity index (χ0v) is 16.7. The van der Waals surface area contributed by atoms with E-state index in [9.17, 15) is 15.0 Å². The van der Waals surface area contributed by atoms with Gasteiger partial charge in [0.1, 0.15) is 12.4 Å². The number of allylic oxidation sites excluding steroid dienone is 1. The molecule has 29 heavy (non-hydrogen) atoms. The standard InChI is InChI=1S/C22H26O7/c1-4-28-21(14-24)22(16-8-9-17(25)19(13-16)26-2)29-18-10-7-15(6-5-11-23)12-20(18)27-3/h5-13,21-22,24-25H,4,14H2,1-3H3/b6-5+/t21-,22+/m1/s1. The third kappa shape index (κ3) is 5.73. The quantitative estimate of drug-likeness (QED) is 0.440. The molecule has 156 valence electrons. The number of phenols is 1. The van der Waals surface area contributed by atoms with Crippen molar-refractivity contribution in [2.75, 3.05) is 27.4 Å². The van der Waals surface area contributed by atoms with E-state index < -0.39 is 12.2 Å². The number of hydrogen-bond donors (Lipinski definition) is 2. The molecule has 0 unspecified atom stereocenters. The predicted octanol–water partition coefficient (Wildman–Crippen LogP) is 3.14. The number of aromatic hydroxyl groups is 1. The van der Waals surface area contributed by atoms with Crippen LogP contribution < -0.4 is 14.2 Å². The molecule has 0 aliphatic heterocycles. The van der Waals surface area contributed by atoms with Crippen molar-refractivity contribution in [3.8, 4) is 23.0 Å². The van der Waals surface area contributed by atoms with Gasteiger partial charge in [0.2, 0.25) is 0 Å². The second-order valence-electron chi connectivity index (χ2n) is 6.05. The Kier molecular flexibility index (Phi) is 8.51. The minimum Gasteiger partial charge on any atom is -0.504 e. The summed E-state index contributed by atoms with van der Waals surface area (Å²) in [5, 5.41) is 19.7. The molecule has 0 aliphatic rings. The molecular weight excluding hydrogens is 376 g/mol. The van der Waals surface area contributed by atoms with Crippen molar-refractivity contribution in [3.05, 3.63) is 53.6 Å². The molecule has 0 saturated heterocycles. The monoisotopic (exact) mass is 402 g/mol. The maximum Gasteiger partial charge on any atom is 0.162 e. The summed E-state index contributed by atoms with van der Waals surface area (Å²) in [7, 11) is 2.97. The summed E-state index contributed by atoms with van der Waals surface area (Å²) in [4.78, 5) is 10.5. The number of carbonyl (C=O) groups is 1. The molecule has 2 aromatic rings. The van der Waals surface area contributed by atoms with Crippen LogP contribution in [0.3, 0.4) is 0 Å². The molecule has 0 saturated carbocycles. The first-order valence-electron chi connectivity index (χ1n) is 9.13. The summed E-state index contributed by atoms with van der Waals surface area (Å²) < 4.78 is 22.5. The van der Waals surface area contributed by atoms with Gasteiger partial charge in [-0.15, -0.1) is 0 Å². The van der Waals surface area contributed by atoms with Gasteiger partial charge in [0.15, 0.2) is 29.1 Å². The van der Waals surface area contributed by atoms with Crippen molar-refractivity contribution in [2.24, 2.45) is 0 Å². The van der Waals surface area contributed by atoms with E-state index in [-0.39, 0.29) is 18.1 Å². The van der Waals surface area contributed by atoms with Gasteiger partial charge >= 0.3 is 0 Å². The molecule has 0 radical (unpaired) electrons. The third-order valence-corrected chi connectivity index (χ3v) is 4.24. The minimum absolute atomic E-state index is 0.00384. The van der Waals surface area contributed by atoms with Crippen LogP contribution in [-0.4, -0.2) is 50.0 Å². The van der Waals surface area contributed by atoms with Crippen LogP contribution in [0.2, 0.25) is 0 Å². The average Bonchev–Trinajstić information content (AvgIpc) is 2.75. The maximum absolute atomic E-state index is 10.5. The lowest BCUT2D eigenvalue weighted by atomic mass is 10.0. The van der Waals surface area contributed by atoms with Crippen LogP contribution in [0.4, 0.5) is 0 Å². The molecule has 0 amide bonds. The molecule has 7 nitrogen and oxygen atoms in total. The Labute approximate surface area is 170 Å². The van der Waals surface area contributed by atoms with Gasteiger partial charge in [-0.2, -0.15) is 0 Å². The van der Waals surface area contributed by atoms with Crippen molar-refractivity contribution in [3.63, 3.8) is 0 Å². The summed E-state index contributed by atoms with van der Waals surface area (Å²) in [6, 6.07) is 10.0. The van der Waals surface area contributed by atoms with Gasteiger partial charge in [0.25, 0.3) is 0 Å². The fourth-order valence-corrected chi connectivity index (χ4v) is 2.85. The highest BCUT2D eigenvalue weighted by Crippen LogP contribution is 2.37. The van der Waals surface area contributed by atoms with Crippen molar-refractivity contribution >= 4 is 12.4 Å². The number of rotatable bonds is 11. The molecule has 2 aromatic carbocycles. The van der Waals surface area contributed by atoms with Gasteiger partial charge in [-0.25, -0.2) is 0 Å². The Morgan fingerprint density at radius 3 is 2.41 bits per heavy atom. The average molecular weight is 402 g/mol. The molecular formula is C22H26O7. The first kappa shape index (κ1) is 22.3. The molecule has 2 atom stereocenters. The predicted molar refractivity (Wildman–Crippen MR) is 109 cm³/mol. The van der Waals surface area contributed by atoms with E-state index in [1.807, 2.05) is 6.92 Å². The zero-order valence-electron chi connectivity index (χ0n) is 16.7. The number of aliphatic hydroxyl groups is 1. The lowest BCUT2D eigenvalue weighted by molar-refractivity contribution is -0.104. The lowest BCUT2D eigenvalue weighted by Gasteiger charge is -2.28. The molecule has 0 bridgehead atoms. The van der Waals surface area contributed by atoms with E-state index in [1.165, 1.54) is 26.4 Å². The zero-order chi connectivity index (χ0) is 21.2. The second-order valence-corrected chi connectivity index (χ2v) is 6.05. The van der Waals surface area contributed by atoms with E-state index in [0.29, 0.717) is 30.0 Å². The van der Waals surface area contributed by atoms with Crippen LogP contribution in [0, 0.1) is 0 Å². The fraction of sp³-hybridized carbons (Fsp3) is 0.318. The Morgan fingerprint density at radius 1 is 1.03 bits per heavy atom. The van der Waals surface area contributed by atoms with E-state index in [2.05, 4.69) is 0 Å². The van der Waals surface area contributed by atoms with Crippen molar-refractivity contribution < 1.29 is 34.0 Å². The molecule has 2 N–H and O–H groups in total. The van der Waals surface area contributed by atoms with E-state index in [4.69, 9.17) is 18.9 Å². The van der Waals surface area contributed by atoms with Crippen LogP contribution in [0.25, 0.3) is 6.08 Å². The molecule has 0 heterocycles. The molecule has 0 aromatic heterocycles.